The lowest BCUT2D eigenvalue weighted by molar-refractivity contribution is -0.118. The van der Waals surface area contributed by atoms with Crippen LogP contribution < -0.4 is 10.2 Å². The lowest BCUT2D eigenvalue weighted by Crippen LogP contribution is -2.46. The van der Waals surface area contributed by atoms with Gasteiger partial charge in [0.05, 0.1) is 11.3 Å². The lowest BCUT2D eigenvalue weighted by atomic mass is 9.75. The average molecular weight is 393 g/mol. The summed E-state index contributed by atoms with van der Waals surface area (Å²) in [4.78, 5) is 37.4. The molecule has 1 aromatic heterocycles. The zero-order valence-electron chi connectivity index (χ0n) is 17.2. The second kappa shape index (κ2) is 7.46. The maximum atomic E-state index is 13.0. The number of nitrogens with zero attached hydrogens (tertiary/aromatic N) is 4. The fourth-order valence-electron chi connectivity index (χ4n) is 3.99. The number of aromatic nitrogens is 2. The van der Waals surface area contributed by atoms with Gasteiger partial charge < -0.3 is 15.1 Å². The molecule has 0 atom stereocenters. The van der Waals surface area contributed by atoms with Gasteiger partial charge in [-0.2, -0.15) is 4.98 Å². The Morgan fingerprint density at radius 2 is 1.72 bits per heavy atom. The number of ketones is 1. The van der Waals surface area contributed by atoms with E-state index in [0.29, 0.717) is 49.9 Å². The number of nitrogens with one attached hydrogen (secondary N) is 1. The van der Waals surface area contributed by atoms with Crippen molar-refractivity contribution in [3.8, 4) is 0 Å². The van der Waals surface area contributed by atoms with Crippen molar-refractivity contribution >= 4 is 29.6 Å². The predicted octanol–water partition coefficient (Wildman–Crippen LogP) is 2.96. The molecule has 2 aliphatic rings. The molecule has 1 aliphatic heterocycles. The van der Waals surface area contributed by atoms with E-state index in [9.17, 15) is 9.59 Å². The van der Waals surface area contributed by atoms with Crippen LogP contribution in [-0.2, 0) is 11.2 Å². The van der Waals surface area contributed by atoms with Crippen molar-refractivity contribution in [3.63, 3.8) is 0 Å². The molecule has 1 amide bonds. The van der Waals surface area contributed by atoms with Gasteiger partial charge in [0.15, 0.2) is 5.78 Å². The number of Topliss-reactive ketones (excluding diaryl/α,β-unsaturated/α-hetero) is 1. The first-order chi connectivity index (χ1) is 13.8. The van der Waals surface area contributed by atoms with Crippen molar-refractivity contribution in [3.05, 3.63) is 41.1 Å². The number of anilines is 3. The van der Waals surface area contributed by atoms with Gasteiger partial charge in [0, 0.05) is 38.3 Å². The Labute approximate surface area is 171 Å². The van der Waals surface area contributed by atoms with Crippen molar-refractivity contribution < 1.29 is 9.59 Å². The zero-order valence-corrected chi connectivity index (χ0v) is 17.2. The Morgan fingerprint density at radius 1 is 1.03 bits per heavy atom. The number of piperazine rings is 1. The molecule has 1 aliphatic carbocycles. The zero-order chi connectivity index (χ0) is 20.6. The van der Waals surface area contributed by atoms with Gasteiger partial charge in [-0.1, -0.05) is 31.5 Å². The second-order valence-corrected chi connectivity index (χ2v) is 8.75. The smallest absolute Gasteiger partial charge is 0.227 e. The summed E-state index contributed by atoms with van der Waals surface area (Å²) in [6.45, 7) is 8.90. The van der Waals surface area contributed by atoms with E-state index in [1.807, 2.05) is 31.2 Å². The number of fused-ring (bicyclic) bond motifs is 1. The standard InChI is InChI=1S/C22H27N5O2/c1-15-4-6-16(7-5-15)23-20-19-17(12-22(2,3)13-18(19)29)24-21(25-20)27-10-8-26(14-28)9-11-27/h4-7,14H,8-13H2,1-3H3,(H,23,24,25). The SMILES string of the molecule is Cc1ccc(Nc2nc(N3CCN(C=O)CC3)nc3c2C(=O)CC(C)(C)C3)cc1. The van der Waals surface area contributed by atoms with Gasteiger partial charge in [-0.25, -0.2) is 4.98 Å². The van der Waals surface area contributed by atoms with Crippen molar-refractivity contribution in [2.45, 2.75) is 33.6 Å². The third kappa shape index (κ3) is 4.09. The molecule has 0 radical (unpaired) electrons. The monoisotopic (exact) mass is 393 g/mol. The molecule has 0 bridgehead atoms. The highest BCUT2D eigenvalue weighted by molar-refractivity contribution is 6.03. The lowest BCUT2D eigenvalue weighted by Gasteiger charge is -2.35. The summed E-state index contributed by atoms with van der Waals surface area (Å²) in [5.41, 5.74) is 3.37. The van der Waals surface area contributed by atoms with E-state index in [0.717, 1.165) is 24.2 Å². The molecule has 4 rings (SSSR count). The number of benzene rings is 1. The molecule has 7 nitrogen and oxygen atoms in total. The van der Waals surface area contributed by atoms with E-state index in [-0.39, 0.29) is 11.2 Å². The highest BCUT2D eigenvalue weighted by atomic mass is 16.1. The number of aryl methyl sites for hydroxylation is 1. The first kappa shape index (κ1) is 19.4. The third-order valence-electron chi connectivity index (χ3n) is 5.60. The summed E-state index contributed by atoms with van der Waals surface area (Å²) in [6.07, 6.45) is 2.11. The normalized spacial score (nSPS) is 18.4. The van der Waals surface area contributed by atoms with E-state index in [2.05, 4.69) is 24.1 Å². The molecule has 29 heavy (non-hydrogen) atoms. The van der Waals surface area contributed by atoms with Gasteiger partial charge >= 0.3 is 0 Å². The van der Waals surface area contributed by atoms with Gasteiger partial charge in [-0.3, -0.25) is 9.59 Å². The molecule has 152 valence electrons. The highest BCUT2D eigenvalue weighted by Gasteiger charge is 2.35. The van der Waals surface area contributed by atoms with E-state index in [1.54, 1.807) is 4.90 Å². The van der Waals surface area contributed by atoms with Crippen LogP contribution in [0.5, 0.6) is 0 Å². The van der Waals surface area contributed by atoms with Gasteiger partial charge in [0.1, 0.15) is 5.82 Å². The number of amides is 1. The Kier molecular flexibility index (Phi) is 4.98. The van der Waals surface area contributed by atoms with Crippen LogP contribution in [0.4, 0.5) is 17.5 Å². The number of carbonyl (C=O) groups excluding carboxylic acids is 2. The van der Waals surface area contributed by atoms with Gasteiger partial charge in [0.2, 0.25) is 12.4 Å². The summed E-state index contributed by atoms with van der Waals surface area (Å²) in [6, 6.07) is 8.04. The molecule has 0 spiro atoms. The minimum atomic E-state index is -0.118. The van der Waals surface area contributed by atoms with Gasteiger partial charge in [0.25, 0.3) is 0 Å². The van der Waals surface area contributed by atoms with Crippen LogP contribution in [0.2, 0.25) is 0 Å². The minimum Gasteiger partial charge on any atom is -0.342 e. The first-order valence-corrected chi connectivity index (χ1v) is 10.1. The summed E-state index contributed by atoms with van der Waals surface area (Å²) in [5.74, 6) is 1.28. The molecular weight excluding hydrogens is 366 g/mol. The van der Waals surface area contributed by atoms with Crippen LogP contribution in [0, 0.1) is 12.3 Å². The molecule has 1 aromatic carbocycles. The van der Waals surface area contributed by atoms with E-state index >= 15 is 0 Å². The summed E-state index contributed by atoms with van der Waals surface area (Å²) in [5, 5.41) is 3.35. The minimum absolute atomic E-state index is 0.0863. The first-order valence-electron chi connectivity index (χ1n) is 10.1. The predicted molar refractivity (Wildman–Crippen MR) is 113 cm³/mol. The Morgan fingerprint density at radius 3 is 2.38 bits per heavy atom. The van der Waals surface area contributed by atoms with E-state index in [1.165, 1.54) is 5.56 Å². The topological polar surface area (TPSA) is 78.4 Å². The summed E-state index contributed by atoms with van der Waals surface area (Å²) in [7, 11) is 0. The van der Waals surface area contributed by atoms with Crippen LogP contribution in [-0.4, -0.2) is 53.2 Å². The molecule has 1 N–H and O–H groups in total. The largest absolute Gasteiger partial charge is 0.342 e. The molecule has 1 saturated heterocycles. The fraction of sp³-hybridized carbons (Fsp3) is 0.455. The maximum absolute atomic E-state index is 13.0. The number of rotatable bonds is 4. The molecule has 2 aromatic rings. The summed E-state index contributed by atoms with van der Waals surface area (Å²) < 4.78 is 0. The molecule has 7 heteroatoms. The van der Waals surface area contributed by atoms with Crippen molar-refractivity contribution in [2.24, 2.45) is 5.41 Å². The van der Waals surface area contributed by atoms with E-state index < -0.39 is 0 Å². The summed E-state index contributed by atoms with van der Waals surface area (Å²) >= 11 is 0. The fourth-order valence-corrected chi connectivity index (χ4v) is 3.99. The number of carbonyl (C=O) groups is 2. The second-order valence-electron chi connectivity index (χ2n) is 8.75. The molecule has 0 saturated carbocycles. The Hall–Kier alpha value is -2.96. The van der Waals surface area contributed by atoms with Crippen LogP contribution in [0.1, 0.15) is 41.9 Å². The third-order valence-corrected chi connectivity index (χ3v) is 5.60. The maximum Gasteiger partial charge on any atom is 0.227 e. The van der Waals surface area contributed by atoms with Gasteiger partial charge in [-0.05, 0) is 30.9 Å². The van der Waals surface area contributed by atoms with Crippen molar-refractivity contribution in [1.29, 1.82) is 0 Å². The van der Waals surface area contributed by atoms with Crippen molar-refractivity contribution in [1.82, 2.24) is 14.9 Å². The Bertz CT molecular complexity index is 931. The molecule has 1 fully saturated rings. The highest BCUT2D eigenvalue weighted by Crippen LogP contribution is 2.38. The molecule has 2 heterocycles. The molecule has 0 unspecified atom stereocenters. The van der Waals surface area contributed by atoms with Crippen LogP contribution in [0.25, 0.3) is 0 Å². The quantitative estimate of drug-likeness (QED) is 0.805. The van der Waals surface area contributed by atoms with Crippen molar-refractivity contribution in [2.75, 3.05) is 36.4 Å². The van der Waals surface area contributed by atoms with Crippen LogP contribution in [0.3, 0.4) is 0 Å². The molecular formula is C22H27N5O2. The van der Waals surface area contributed by atoms with Gasteiger partial charge in [-0.15, -0.1) is 0 Å². The number of hydrogen-bond acceptors (Lipinski definition) is 6. The number of hydrogen-bond donors (Lipinski definition) is 1. The van der Waals surface area contributed by atoms with E-state index in [4.69, 9.17) is 9.97 Å². The van der Waals surface area contributed by atoms with Crippen LogP contribution >= 0.6 is 0 Å². The van der Waals surface area contributed by atoms with Crippen LogP contribution in [0.15, 0.2) is 24.3 Å². The average Bonchev–Trinajstić information content (AvgIpc) is 2.68. The Balaban J connectivity index is 1.73.